The minimum Gasteiger partial charge on any atom is -0.451 e. The number of benzene rings is 2. The zero-order valence-corrected chi connectivity index (χ0v) is 17.1. The molecular formula is C18H16IN3O7. The molecule has 0 unspecified atom stereocenters. The Balaban J connectivity index is 2.24. The summed E-state index contributed by atoms with van der Waals surface area (Å²) >= 11 is 1.84. The van der Waals surface area contributed by atoms with Gasteiger partial charge in [-0.3, -0.25) is 14.9 Å². The van der Waals surface area contributed by atoms with Crippen molar-refractivity contribution in [2.75, 3.05) is 16.1 Å². The number of nitrogens with two attached hydrogens (primary N) is 1. The molecule has 2 N–H and O–H groups in total. The molecule has 10 nitrogen and oxygen atoms in total. The fraction of sp³-hybridized carbons (Fsp3) is 0.167. The van der Waals surface area contributed by atoms with Crippen molar-refractivity contribution < 1.29 is 28.8 Å². The lowest BCUT2D eigenvalue weighted by Crippen LogP contribution is -2.42. The standard InChI is InChI=1S/C18H16IN3O7/c19-11-29-17(24)14-3-1-2-4-15(14)21(16(23)9-20)18(25)28-10-12-5-7-13(8-6-12)22(26)27/h1-8H,9-11,20H2. The predicted molar refractivity (Wildman–Crippen MR) is 111 cm³/mol. The first-order valence-corrected chi connectivity index (χ1v) is 9.66. The lowest BCUT2D eigenvalue weighted by Gasteiger charge is -2.22. The highest BCUT2D eigenvalue weighted by molar-refractivity contribution is 14.1. The quantitative estimate of drug-likeness (QED) is 0.196. The van der Waals surface area contributed by atoms with E-state index in [1.165, 1.54) is 42.5 Å². The van der Waals surface area contributed by atoms with Gasteiger partial charge in [0.05, 0.1) is 22.7 Å². The average Bonchev–Trinajstić information content (AvgIpc) is 2.73. The Morgan fingerprint density at radius 2 is 1.72 bits per heavy atom. The van der Waals surface area contributed by atoms with E-state index in [4.69, 9.17) is 15.2 Å². The van der Waals surface area contributed by atoms with E-state index in [-0.39, 0.29) is 28.2 Å². The molecule has 0 atom stereocenters. The number of hydrogen-bond acceptors (Lipinski definition) is 8. The molecule has 0 aliphatic heterocycles. The number of nitro benzene ring substituents is 1. The number of para-hydroxylation sites is 1. The third kappa shape index (κ3) is 5.71. The van der Waals surface area contributed by atoms with Crippen LogP contribution in [-0.2, 0) is 20.9 Å². The maximum absolute atomic E-state index is 12.6. The van der Waals surface area contributed by atoms with Gasteiger partial charge in [0.2, 0.25) is 5.91 Å². The normalized spacial score (nSPS) is 10.1. The summed E-state index contributed by atoms with van der Waals surface area (Å²) in [7, 11) is 0. The first-order chi connectivity index (χ1) is 13.9. The smallest absolute Gasteiger partial charge is 0.421 e. The number of nitrogens with zero attached hydrogens (tertiary/aromatic N) is 2. The summed E-state index contributed by atoms with van der Waals surface area (Å²) in [5.74, 6) is -1.50. The second-order valence-electron chi connectivity index (χ2n) is 5.47. The average molecular weight is 513 g/mol. The monoisotopic (exact) mass is 513 g/mol. The Hall–Kier alpha value is -3.06. The van der Waals surface area contributed by atoms with Crippen LogP contribution in [0.1, 0.15) is 15.9 Å². The number of non-ortho nitro benzene ring substituents is 1. The molecule has 2 aromatic carbocycles. The molecule has 0 aliphatic rings. The summed E-state index contributed by atoms with van der Waals surface area (Å²) in [5.41, 5.74) is 5.75. The molecule has 0 bridgehead atoms. The number of anilines is 1. The number of hydrogen-bond donors (Lipinski definition) is 1. The van der Waals surface area contributed by atoms with Crippen molar-refractivity contribution >= 4 is 51.9 Å². The molecule has 0 radical (unpaired) electrons. The molecule has 0 fully saturated rings. The molecule has 0 heterocycles. The fourth-order valence-electron chi connectivity index (χ4n) is 2.32. The van der Waals surface area contributed by atoms with E-state index < -0.39 is 29.4 Å². The Bertz CT molecular complexity index is 918. The number of imide groups is 1. The molecule has 11 heteroatoms. The number of rotatable bonds is 7. The van der Waals surface area contributed by atoms with E-state index in [1.54, 1.807) is 6.07 Å². The van der Waals surface area contributed by atoms with Crippen LogP contribution in [0.15, 0.2) is 48.5 Å². The third-order valence-corrected chi connectivity index (χ3v) is 3.98. The van der Waals surface area contributed by atoms with Crippen LogP contribution in [0, 0.1) is 10.1 Å². The van der Waals surface area contributed by atoms with E-state index in [2.05, 4.69) is 0 Å². The van der Waals surface area contributed by atoms with Gasteiger partial charge < -0.3 is 15.2 Å². The minimum absolute atomic E-state index is 0.00162. The highest BCUT2D eigenvalue weighted by atomic mass is 127. The van der Waals surface area contributed by atoms with Gasteiger partial charge >= 0.3 is 12.1 Å². The van der Waals surface area contributed by atoms with Crippen LogP contribution in [0.2, 0.25) is 0 Å². The van der Waals surface area contributed by atoms with Gasteiger partial charge in [-0.2, -0.15) is 0 Å². The van der Waals surface area contributed by atoms with Gasteiger partial charge in [-0.05, 0) is 52.4 Å². The molecule has 0 saturated heterocycles. The van der Waals surface area contributed by atoms with Gasteiger partial charge in [0.1, 0.15) is 11.2 Å². The zero-order valence-electron chi connectivity index (χ0n) is 14.9. The van der Waals surface area contributed by atoms with Crippen molar-refractivity contribution in [1.29, 1.82) is 0 Å². The first kappa shape index (κ1) is 22.2. The summed E-state index contributed by atoms with van der Waals surface area (Å²) in [6.07, 6.45) is -1.05. The number of halogens is 1. The minimum atomic E-state index is -1.05. The molecule has 2 aromatic rings. The van der Waals surface area contributed by atoms with Crippen LogP contribution < -0.4 is 10.6 Å². The van der Waals surface area contributed by atoms with E-state index in [9.17, 15) is 24.5 Å². The van der Waals surface area contributed by atoms with Gasteiger partial charge in [0.25, 0.3) is 5.69 Å². The number of ether oxygens (including phenoxy) is 2. The number of alkyl halides is 1. The van der Waals surface area contributed by atoms with E-state index in [1.807, 2.05) is 22.6 Å². The Kier molecular flexibility index (Phi) is 8.03. The number of carbonyl (C=O) groups excluding carboxylic acids is 3. The second kappa shape index (κ2) is 10.5. The lowest BCUT2D eigenvalue weighted by atomic mass is 10.1. The second-order valence-corrected chi connectivity index (χ2v) is 6.09. The highest BCUT2D eigenvalue weighted by Crippen LogP contribution is 2.23. The van der Waals surface area contributed by atoms with Crippen LogP contribution in [0.4, 0.5) is 16.2 Å². The number of carbonyl (C=O) groups is 3. The van der Waals surface area contributed by atoms with Crippen LogP contribution in [-0.4, -0.2) is 34.1 Å². The van der Waals surface area contributed by atoms with Crippen LogP contribution in [0.3, 0.4) is 0 Å². The van der Waals surface area contributed by atoms with Crippen LogP contribution in [0.5, 0.6) is 0 Å². The van der Waals surface area contributed by atoms with Gasteiger partial charge in [0, 0.05) is 12.1 Å². The maximum atomic E-state index is 12.6. The molecule has 0 aromatic heterocycles. The van der Waals surface area contributed by atoms with Gasteiger partial charge in [-0.15, -0.1) is 0 Å². The topological polar surface area (TPSA) is 142 Å². The maximum Gasteiger partial charge on any atom is 0.421 e. The molecule has 2 amide bonds. The van der Waals surface area contributed by atoms with Crippen LogP contribution in [0.25, 0.3) is 0 Å². The highest BCUT2D eigenvalue weighted by Gasteiger charge is 2.28. The molecule has 0 saturated carbocycles. The molecule has 0 aliphatic carbocycles. The summed E-state index contributed by atoms with van der Waals surface area (Å²) in [6, 6.07) is 11.3. The van der Waals surface area contributed by atoms with Gasteiger partial charge in [-0.25, -0.2) is 14.5 Å². The van der Waals surface area contributed by atoms with E-state index >= 15 is 0 Å². The molecule has 2 rings (SSSR count). The van der Waals surface area contributed by atoms with Crippen molar-refractivity contribution in [2.24, 2.45) is 5.73 Å². The third-order valence-electron chi connectivity index (χ3n) is 3.67. The van der Waals surface area contributed by atoms with Crippen molar-refractivity contribution in [3.63, 3.8) is 0 Å². The summed E-state index contributed by atoms with van der Waals surface area (Å²) in [6.45, 7) is -0.742. The van der Waals surface area contributed by atoms with Crippen molar-refractivity contribution in [3.05, 3.63) is 69.8 Å². The van der Waals surface area contributed by atoms with Crippen molar-refractivity contribution in [3.8, 4) is 0 Å². The largest absolute Gasteiger partial charge is 0.451 e. The van der Waals surface area contributed by atoms with Crippen LogP contribution >= 0.6 is 22.6 Å². The number of amides is 2. The van der Waals surface area contributed by atoms with Gasteiger partial charge in [0.15, 0.2) is 0 Å². The predicted octanol–water partition coefficient (Wildman–Crippen LogP) is 2.77. The van der Waals surface area contributed by atoms with E-state index in [0.29, 0.717) is 10.5 Å². The Morgan fingerprint density at radius 3 is 2.31 bits per heavy atom. The molecular weight excluding hydrogens is 497 g/mol. The van der Waals surface area contributed by atoms with E-state index in [0.717, 1.165) is 0 Å². The summed E-state index contributed by atoms with van der Waals surface area (Å²) < 4.78 is 10.2. The number of esters is 1. The summed E-state index contributed by atoms with van der Waals surface area (Å²) in [4.78, 5) is 47.8. The Labute approximate surface area is 178 Å². The first-order valence-electron chi connectivity index (χ1n) is 8.14. The summed E-state index contributed by atoms with van der Waals surface area (Å²) in [5, 5.41) is 10.7. The molecule has 29 heavy (non-hydrogen) atoms. The SMILES string of the molecule is NCC(=O)N(C(=O)OCc1ccc([N+](=O)[O-])cc1)c1ccccc1C(=O)OCI. The fourth-order valence-corrected chi connectivity index (χ4v) is 2.60. The lowest BCUT2D eigenvalue weighted by molar-refractivity contribution is -0.384. The van der Waals surface area contributed by atoms with Crippen molar-refractivity contribution in [2.45, 2.75) is 6.61 Å². The molecule has 152 valence electrons. The molecule has 0 spiro atoms. The van der Waals surface area contributed by atoms with Crippen molar-refractivity contribution in [1.82, 2.24) is 0 Å². The zero-order chi connectivity index (χ0) is 21.4. The number of nitro groups is 1. The Morgan fingerprint density at radius 1 is 1.07 bits per heavy atom. The van der Waals surface area contributed by atoms with Gasteiger partial charge in [-0.1, -0.05) is 12.1 Å².